The van der Waals surface area contributed by atoms with Gasteiger partial charge >= 0.3 is 0 Å². The van der Waals surface area contributed by atoms with Gasteiger partial charge in [0.25, 0.3) is 0 Å². The number of nitrogens with zero attached hydrogens (tertiary/aromatic N) is 3. The van der Waals surface area contributed by atoms with Crippen LogP contribution in [-0.2, 0) is 4.79 Å². The normalized spacial score (nSPS) is 16.2. The van der Waals surface area contributed by atoms with Crippen LogP contribution in [0.15, 0.2) is 60.8 Å². The van der Waals surface area contributed by atoms with E-state index in [0.29, 0.717) is 13.1 Å². The zero-order valence-corrected chi connectivity index (χ0v) is 13.9. The van der Waals surface area contributed by atoms with Crippen LogP contribution in [0.5, 0.6) is 0 Å². The molecule has 5 heteroatoms. The fourth-order valence-corrected chi connectivity index (χ4v) is 3.15. The zero-order chi connectivity index (χ0) is 17.1. The SMILES string of the molecule is O=C1CN(C/C=C/c2ccccc2)CCN1c1ccc2cn[nH]c2c1. The van der Waals surface area contributed by atoms with Gasteiger partial charge in [0, 0.05) is 30.7 Å². The number of fused-ring (bicyclic) bond motifs is 1. The molecule has 0 aliphatic carbocycles. The molecule has 3 aromatic rings. The minimum absolute atomic E-state index is 0.137. The molecule has 5 nitrogen and oxygen atoms in total. The minimum atomic E-state index is 0.137. The van der Waals surface area contributed by atoms with Gasteiger partial charge in [0.15, 0.2) is 0 Å². The highest BCUT2D eigenvalue weighted by Crippen LogP contribution is 2.22. The molecule has 1 amide bonds. The average Bonchev–Trinajstić information content (AvgIpc) is 3.10. The van der Waals surface area contributed by atoms with Crippen molar-refractivity contribution in [2.24, 2.45) is 0 Å². The van der Waals surface area contributed by atoms with E-state index < -0.39 is 0 Å². The lowest BCUT2D eigenvalue weighted by Gasteiger charge is -2.33. The van der Waals surface area contributed by atoms with Crippen LogP contribution >= 0.6 is 0 Å². The Morgan fingerprint density at radius 2 is 2.00 bits per heavy atom. The minimum Gasteiger partial charge on any atom is -0.310 e. The number of H-pyrrole nitrogens is 1. The molecule has 1 fully saturated rings. The van der Waals surface area contributed by atoms with Gasteiger partial charge in [-0.3, -0.25) is 14.8 Å². The van der Waals surface area contributed by atoms with Crippen molar-refractivity contribution in [3.05, 3.63) is 66.4 Å². The first kappa shape index (κ1) is 15.6. The summed E-state index contributed by atoms with van der Waals surface area (Å²) in [7, 11) is 0. The van der Waals surface area contributed by atoms with E-state index in [0.717, 1.165) is 29.7 Å². The molecule has 2 heterocycles. The predicted octanol–water partition coefficient (Wildman–Crippen LogP) is 2.92. The second-order valence-corrected chi connectivity index (χ2v) is 6.24. The summed E-state index contributed by atoms with van der Waals surface area (Å²) >= 11 is 0. The largest absolute Gasteiger partial charge is 0.310 e. The van der Waals surface area contributed by atoms with Crippen molar-refractivity contribution < 1.29 is 4.79 Å². The number of hydrogen-bond acceptors (Lipinski definition) is 3. The summed E-state index contributed by atoms with van der Waals surface area (Å²) in [5.41, 5.74) is 3.07. The van der Waals surface area contributed by atoms with Crippen LogP contribution in [0.25, 0.3) is 17.0 Å². The molecular formula is C20H20N4O. The van der Waals surface area contributed by atoms with Crippen LogP contribution in [0.3, 0.4) is 0 Å². The van der Waals surface area contributed by atoms with Gasteiger partial charge in [-0.25, -0.2) is 0 Å². The Morgan fingerprint density at radius 1 is 1.12 bits per heavy atom. The second-order valence-electron chi connectivity index (χ2n) is 6.24. The van der Waals surface area contributed by atoms with E-state index >= 15 is 0 Å². The summed E-state index contributed by atoms with van der Waals surface area (Å²) in [6, 6.07) is 16.2. The number of carbonyl (C=O) groups is 1. The Labute approximate surface area is 146 Å². The molecule has 0 bridgehead atoms. The van der Waals surface area contributed by atoms with Crippen LogP contribution in [0.4, 0.5) is 5.69 Å². The Bertz CT molecular complexity index is 900. The molecule has 1 aliphatic rings. The maximum absolute atomic E-state index is 12.5. The van der Waals surface area contributed by atoms with Crippen LogP contribution in [0.1, 0.15) is 5.56 Å². The number of carbonyl (C=O) groups excluding carboxylic acids is 1. The van der Waals surface area contributed by atoms with E-state index in [4.69, 9.17) is 0 Å². The van der Waals surface area contributed by atoms with Gasteiger partial charge in [0.2, 0.25) is 5.91 Å². The van der Waals surface area contributed by atoms with Crippen molar-refractivity contribution in [3.63, 3.8) is 0 Å². The highest BCUT2D eigenvalue weighted by atomic mass is 16.2. The van der Waals surface area contributed by atoms with Crippen molar-refractivity contribution in [3.8, 4) is 0 Å². The van der Waals surface area contributed by atoms with Crippen molar-refractivity contribution >= 4 is 28.6 Å². The summed E-state index contributed by atoms with van der Waals surface area (Å²) in [6.07, 6.45) is 6.01. The summed E-state index contributed by atoms with van der Waals surface area (Å²) < 4.78 is 0. The molecule has 1 N–H and O–H groups in total. The second kappa shape index (κ2) is 6.91. The Hall–Kier alpha value is -2.92. The first-order valence-corrected chi connectivity index (χ1v) is 8.47. The van der Waals surface area contributed by atoms with Gasteiger partial charge in [-0.2, -0.15) is 5.10 Å². The van der Waals surface area contributed by atoms with Crippen LogP contribution in [0, 0.1) is 0 Å². The van der Waals surface area contributed by atoms with E-state index in [9.17, 15) is 4.79 Å². The van der Waals surface area contributed by atoms with E-state index in [1.807, 2.05) is 41.3 Å². The number of piperazine rings is 1. The Balaban J connectivity index is 1.38. The van der Waals surface area contributed by atoms with Crippen LogP contribution in [-0.4, -0.2) is 47.2 Å². The molecule has 126 valence electrons. The van der Waals surface area contributed by atoms with E-state index in [-0.39, 0.29) is 5.91 Å². The molecule has 0 spiro atoms. The Kier molecular flexibility index (Phi) is 4.31. The van der Waals surface area contributed by atoms with Gasteiger partial charge < -0.3 is 4.90 Å². The van der Waals surface area contributed by atoms with Gasteiger partial charge in [-0.15, -0.1) is 0 Å². The number of anilines is 1. The summed E-state index contributed by atoms with van der Waals surface area (Å²) in [5, 5.41) is 8.05. The quantitative estimate of drug-likeness (QED) is 0.799. The van der Waals surface area contributed by atoms with Gasteiger partial charge in [0.1, 0.15) is 0 Å². The van der Waals surface area contributed by atoms with Crippen molar-refractivity contribution in [2.75, 3.05) is 31.1 Å². The molecule has 2 aromatic carbocycles. The molecule has 0 atom stereocenters. The standard InChI is InChI=1S/C20H20N4O/c25-20-15-23(10-4-7-16-5-2-1-3-6-16)11-12-24(20)18-9-8-17-14-21-22-19(17)13-18/h1-9,13-14H,10-12,15H2,(H,21,22)/b7-4+. The number of rotatable bonds is 4. The fourth-order valence-electron chi connectivity index (χ4n) is 3.15. The van der Waals surface area contributed by atoms with Crippen molar-refractivity contribution in [1.29, 1.82) is 0 Å². The molecule has 1 aromatic heterocycles. The number of nitrogens with one attached hydrogen (secondary N) is 1. The van der Waals surface area contributed by atoms with Crippen LogP contribution < -0.4 is 4.90 Å². The number of hydrogen-bond donors (Lipinski definition) is 1. The topological polar surface area (TPSA) is 52.2 Å². The molecular weight excluding hydrogens is 312 g/mol. The summed E-state index contributed by atoms with van der Waals surface area (Å²) in [4.78, 5) is 16.6. The molecule has 25 heavy (non-hydrogen) atoms. The predicted molar refractivity (Wildman–Crippen MR) is 100 cm³/mol. The maximum Gasteiger partial charge on any atom is 0.241 e. The lowest BCUT2D eigenvalue weighted by atomic mass is 10.2. The average molecular weight is 332 g/mol. The van der Waals surface area contributed by atoms with Gasteiger partial charge in [0.05, 0.1) is 18.3 Å². The smallest absolute Gasteiger partial charge is 0.241 e. The first-order valence-electron chi connectivity index (χ1n) is 8.47. The number of amides is 1. The van der Waals surface area contributed by atoms with Crippen molar-refractivity contribution in [1.82, 2.24) is 15.1 Å². The Morgan fingerprint density at radius 3 is 2.84 bits per heavy atom. The third-order valence-electron chi connectivity index (χ3n) is 4.51. The summed E-state index contributed by atoms with van der Waals surface area (Å²) in [6.45, 7) is 2.80. The molecule has 0 radical (unpaired) electrons. The van der Waals surface area contributed by atoms with Gasteiger partial charge in [-0.1, -0.05) is 42.5 Å². The number of aromatic nitrogens is 2. The van der Waals surface area contributed by atoms with E-state index in [2.05, 4.69) is 39.4 Å². The lowest BCUT2D eigenvalue weighted by molar-refractivity contribution is -0.121. The number of benzene rings is 2. The third-order valence-corrected chi connectivity index (χ3v) is 4.51. The lowest BCUT2D eigenvalue weighted by Crippen LogP contribution is -2.50. The number of aromatic amines is 1. The third kappa shape index (κ3) is 3.46. The zero-order valence-electron chi connectivity index (χ0n) is 13.9. The molecule has 0 unspecified atom stereocenters. The molecule has 1 aliphatic heterocycles. The highest BCUT2D eigenvalue weighted by Gasteiger charge is 2.24. The van der Waals surface area contributed by atoms with Crippen LogP contribution in [0.2, 0.25) is 0 Å². The molecule has 1 saturated heterocycles. The summed E-state index contributed by atoms with van der Waals surface area (Å²) in [5.74, 6) is 0.137. The van der Waals surface area contributed by atoms with E-state index in [1.54, 1.807) is 6.20 Å². The molecule has 4 rings (SSSR count). The van der Waals surface area contributed by atoms with Gasteiger partial charge in [-0.05, 0) is 23.8 Å². The maximum atomic E-state index is 12.5. The van der Waals surface area contributed by atoms with Crippen molar-refractivity contribution in [2.45, 2.75) is 0 Å². The van der Waals surface area contributed by atoms with E-state index in [1.165, 1.54) is 5.56 Å². The molecule has 0 saturated carbocycles. The highest BCUT2D eigenvalue weighted by molar-refractivity contribution is 5.97. The fraction of sp³-hybridized carbons (Fsp3) is 0.200. The monoisotopic (exact) mass is 332 g/mol. The first-order chi connectivity index (χ1) is 12.3.